The summed E-state index contributed by atoms with van der Waals surface area (Å²) in [5.41, 5.74) is 2.60. The number of hydrogen-bond acceptors (Lipinski definition) is 5. The minimum atomic E-state index is 0.695. The summed E-state index contributed by atoms with van der Waals surface area (Å²) < 4.78 is 0.915. The van der Waals surface area contributed by atoms with Crippen molar-refractivity contribution in [1.29, 1.82) is 0 Å². The maximum absolute atomic E-state index is 4.57. The van der Waals surface area contributed by atoms with E-state index < -0.39 is 0 Å². The first-order chi connectivity index (χ1) is 9.29. The van der Waals surface area contributed by atoms with Crippen LogP contribution in [0.1, 0.15) is 0 Å². The van der Waals surface area contributed by atoms with Crippen LogP contribution in [0.15, 0.2) is 41.0 Å². The molecule has 19 heavy (non-hydrogen) atoms. The molecule has 0 fully saturated rings. The van der Waals surface area contributed by atoms with E-state index in [-0.39, 0.29) is 0 Å². The minimum absolute atomic E-state index is 0.695. The van der Waals surface area contributed by atoms with Crippen LogP contribution in [0.2, 0.25) is 0 Å². The van der Waals surface area contributed by atoms with Gasteiger partial charge in [-0.2, -0.15) is 0 Å². The molecule has 5 nitrogen and oxygen atoms in total. The molecule has 0 saturated heterocycles. The first kappa shape index (κ1) is 10.7. The van der Waals surface area contributed by atoms with Gasteiger partial charge in [0.1, 0.15) is 0 Å². The van der Waals surface area contributed by atoms with Crippen molar-refractivity contribution in [2.24, 2.45) is 0 Å². The van der Waals surface area contributed by atoms with Crippen LogP contribution in [0, 0.1) is 0 Å². The number of rotatable bonds is 0. The van der Waals surface area contributed by atoms with Gasteiger partial charge in [0.05, 0.1) is 16.7 Å². The summed E-state index contributed by atoms with van der Waals surface area (Å²) in [5, 5.41) is 6.44. The molecule has 2 N–H and O–H groups in total. The van der Waals surface area contributed by atoms with Crippen LogP contribution in [0.5, 0.6) is 0 Å². The monoisotopic (exact) mass is 313 g/mol. The fourth-order valence-corrected chi connectivity index (χ4v) is 2.38. The first-order valence-electron chi connectivity index (χ1n) is 5.76. The van der Waals surface area contributed by atoms with Crippen LogP contribution >= 0.6 is 15.9 Å². The van der Waals surface area contributed by atoms with Gasteiger partial charge in [-0.15, -0.1) is 0 Å². The molecule has 0 aliphatic carbocycles. The number of pyridine rings is 1. The normalized spacial score (nSPS) is 12.3. The van der Waals surface area contributed by atoms with E-state index in [1.165, 1.54) is 0 Å². The molecule has 0 spiro atoms. The van der Waals surface area contributed by atoms with Crippen LogP contribution in [0.3, 0.4) is 0 Å². The van der Waals surface area contributed by atoms with E-state index in [0.29, 0.717) is 11.6 Å². The second-order valence-electron chi connectivity index (χ2n) is 4.21. The lowest BCUT2D eigenvalue weighted by Crippen LogP contribution is -2.11. The Morgan fingerprint density at radius 1 is 0.895 bits per heavy atom. The Balaban J connectivity index is 1.90. The topological polar surface area (TPSA) is 62.7 Å². The van der Waals surface area contributed by atoms with Gasteiger partial charge < -0.3 is 10.6 Å². The second kappa shape index (κ2) is 3.89. The first-order valence-corrected chi connectivity index (χ1v) is 6.55. The van der Waals surface area contributed by atoms with E-state index in [2.05, 4.69) is 41.5 Å². The van der Waals surface area contributed by atoms with Crippen molar-refractivity contribution in [3.8, 4) is 0 Å². The molecule has 0 amide bonds. The van der Waals surface area contributed by atoms with Crippen LogP contribution in [-0.2, 0) is 0 Å². The fourth-order valence-electron chi connectivity index (χ4n) is 2.05. The second-order valence-corrected chi connectivity index (χ2v) is 5.12. The summed E-state index contributed by atoms with van der Waals surface area (Å²) in [4.78, 5) is 13.4. The molecule has 0 saturated carbocycles. The predicted molar refractivity (Wildman–Crippen MR) is 78.0 cm³/mol. The largest absolute Gasteiger partial charge is 0.334 e. The highest BCUT2D eigenvalue weighted by molar-refractivity contribution is 9.10. The number of halogens is 1. The number of hydrogen-bond donors (Lipinski definition) is 2. The number of para-hydroxylation sites is 2. The third-order valence-corrected chi connectivity index (χ3v) is 3.35. The van der Waals surface area contributed by atoms with Gasteiger partial charge >= 0.3 is 0 Å². The molecular weight excluding hydrogens is 306 g/mol. The van der Waals surface area contributed by atoms with E-state index in [1.54, 1.807) is 6.20 Å². The average molecular weight is 314 g/mol. The van der Waals surface area contributed by atoms with Crippen molar-refractivity contribution < 1.29 is 0 Å². The van der Waals surface area contributed by atoms with Crippen molar-refractivity contribution in [3.05, 3.63) is 41.0 Å². The van der Waals surface area contributed by atoms with Crippen LogP contribution in [0.4, 0.5) is 23.1 Å². The Kier molecular flexibility index (Phi) is 2.19. The molecule has 0 bridgehead atoms. The van der Waals surface area contributed by atoms with Gasteiger partial charge in [0.15, 0.2) is 17.5 Å². The summed E-state index contributed by atoms with van der Waals surface area (Å²) in [6.45, 7) is 0. The van der Waals surface area contributed by atoms with E-state index >= 15 is 0 Å². The molecule has 1 aliphatic rings. The smallest absolute Gasteiger partial charge is 0.175 e. The van der Waals surface area contributed by atoms with Gasteiger partial charge in [-0.25, -0.2) is 15.0 Å². The Morgan fingerprint density at radius 3 is 2.32 bits per heavy atom. The van der Waals surface area contributed by atoms with E-state index in [0.717, 1.165) is 27.0 Å². The summed E-state index contributed by atoms with van der Waals surface area (Å²) in [5.74, 6) is 2.16. The zero-order valence-electron chi connectivity index (χ0n) is 9.68. The number of nitrogens with one attached hydrogen (secondary N) is 2. The van der Waals surface area contributed by atoms with Crippen molar-refractivity contribution >= 4 is 50.1 Å². The molecule has 1 aliphatic heterocycles. The SMILES string of the molecule is Brc1cnc2c(c1)Nc1nc3ccccc3nc1N2. The van der Waals surface area contributed by atoms with Crippen molar-refractivity contribution in [2.45, 2.75) is 0 Å². The molecule has 6 heteroatoms. The van der Waals surface area contributed by atoms with Crippen molar-refractivity contribution in [1.82, 2.24) is 15.0 Å². The molecular formula is C13H8BrN5. The fraction of sp³-hybridized carbons (Fsp3) is 0. The molecule has 2 aromatic heterocycles. The van der Waals surface area contributed by atoms with Crippen molar-refractivity contribution in [3.63, 3.8) is 0 Å². The van der Waals surface area contributed by atoms with Crippen LogP contribution < -0.4 is 10.6 Å². The molecule has 92 valence electrons. The number of fused-ring (bicyclic) bond motifs is 3. The lowest BCUT2D eigenvalue weighted by atomic mass is 10.3. The van der Waals surface area contributed by atoms with E-state index in [4.69, 9.17) is 0 Å². The van der Waals surface area contributed by atoms with Gasteiger partial charge in [-0.1, -0.05) is 12.1 Å². The maximum atomic E-state index is 4.57. The standard InChI is InChI=1S/C13H8BrN5/c14-7-5-10-11(15-6-7)19-13-12(18-10)16-8-3-1-2-4-9(8)17-13/h1-6H,(H,16,18)(H,15,17,19). The molecule has 3 heterocycles. The highest BCUT2D eigenvalue weighted by Crippen LogP contribution is 2.36. The number of nitrogens with zero attached hydrogens (tertiary/aromatic N) is 3. The quantitative estimate of drug-likeness (QED) is 0.519. The third-order valence-electron chi connectivity index (χ3n) is 2.91. The lowest BCUT2D eigenvalue weighted by molar-refractivity contribution is 1.20. The molecule has 3 aromatic rings. The van der Waals surface area contributed by atoms with Gasteiger partial charge in [-0.3, -0.25) is 0 Å². The Hall–Kier alpha value is -2.21. The lowest BCUT2D eigenvalue weighted by Gasteiger charge is -2.20. The summed E-state index contributed by atoms with van der Waals surface area (Å²) in [6.07, 6.45) is 1.74. The molecule has 1 aromatic carbocycles. The van der Waals surface area contributed by atoms with Gasteiger partial charge in [-0.05, 0) is 34.1 Å². The number of aromatic nitrogens is 3. The predicted octanol–water partition coefficient (Wildman–Crippen LogP) is 3.59. The Morgan fingerprint density at radius 2 is 1.58 bits per heavy atom. The zero-order valence-corrected chi connectivity index (χ0v) is 11.3. The molecule has 0 atom stereocenters. The summed E-state index contributed by atoms with van der Waals surface area (Å²) in [7, 11) is 0. The van der Waals surface area contributed by atoms with Crippen LogP contribution in [-0.4, -0.2) is 15.0 Å². The Bertz CT molecular complexity index is 802. The highest BCUT2D eigenvalue weighted by atomic mass is 79.9. The van der Waals surface area contributed by atoms with E-state index in [1.807, 2.05) is 30.3 Å². The third kappa shape index (κ3) is 1.72. The number of anilines is 4. The van der Waals surface area contributed by atoms with Crippen molar-refractivity contribution in [2.75, 3.05) is 10.6 Å². The molecule has 0 radical (unpaired) electrons. The van der Waals surface area contributed by atoms with Gasteiger partial charge in [0.25, 0.3) is 0 Å². The zero-order chi connectivity index (χ0) is 12.8. The molecule has 0 unspecified atom stereocenters. The number of benzene rings is 1. The minimum Gasteiger partial charge on any atom is -0.334 e. The average Bonchev–Trinajstić information content (AvgIpc) is 2.43. The van der Waals surface area contributed by atoms with Gasteiger partial charge in [0.2, 0.25) is 0 Å². The van der Waals surface area contributed by atoms with Gasteiger partial charge in [0, 0.05) is 10.7 Å². The highest BCUT2D eigenvalue weighted by Gasteiger charge is 2.18. The summed E-state index contributed by atoms with van der Waals surface area (Å²) in [6, 6.07) is 9.73. The Labute approximate surface area is 117 Å². The maximum Gasteiger partial charge on any atom is 0.175 e. The molecule has 4 rings (SSSR count). The summed E-state index contributed by atoms with van der Waals surface area (Å²) >= 11 is 3.40. The van der Waals surface area contributed by atoms with E-state index in [9.17, 15) is 0 Å². The van der Waals surface area contributed by atoms with Crippen LogP contribution in [0.25, 0.3) is 11.0 Å².